The molecular weight excluding hydrogens is 295 g/mol. The van der Waals surface area contributed by atoms with Gasteiger partial charge in [-0.15, -0.1) is 12.6 Å². The van der Waals surface area contributed by atoms with Gasteiger partial charge in [0, 0.05) is 4.90 Å². The molecule has 0 aliphatic rings. The summed E-state index contributed by atoms with van der Waals surface area (Å²) >= 11 is 3.97. The van der Waals surface area contributed by atoms with Crippen molar-refractivity contribution in [3.05, 3.63) is 23.8 Å². The standard InChI is InChI=1S/C11H13FO5S2/c1-11(2,3)16-10(13)7-4-8(6-9(18)5-7)17-19(12,14)15/h4-6,18H,1-3H3. The van der Waals surface area contributed by atoms with Crippen molar-refractivity contribution in [2.45, 2.75) is 31.3 Å². The van der Waals surface area contributed by atoms with Gasteiger partial charge >= 0.3 is 16.5 Å². The fourth-order valence-corrected chi connectivity index (χ4v) is 1.79. The van der Waals surface area contributed by atoms with Crippen molar-refractivity contribution < 1.29 is 26.0 Å². The maximum Gasteiger partial charge on any atom is 0.488 e. The van der Waals surface area contributed by atoms with Gasteiger partial charge in [0.25, 0.3) is 0 Å². The Morgan fingerprint density at radius 1 is 1.26 bits per heavy atom. The fourth-order valence-electron chi connectivity index (χ4n) is 1.20. The van der Waals surface area contributed by atoms with Crippen LogP contribution in [0.4, 0.5) is 3.89 Å². The first-order valence-electron chi connectivity index (χ1n) is 5.18. The Labute approximate surface area is 116 Å². The average Bonchev–Trinajstić information content (AvgIpc) is 2.10. The molecule has 1 aromatic carbocycles. The fraction of sp³-hybridized carbons (Fsp3) is 0.364. The summed E-state index contributed by atoms with van der Waals surface area (Å²) < 4.78 is 42.3. The van der Waals surface area contributed by atoms with E-state index in [1.54, 1.807) is 20.8 Å². The second-order valence-electron chi connectivity index (χ2n) is 4.69. The Kier molecular flexibility index (Phi) is 4.46. The maximum absolute atomic E-state index is 12.4. The summed E-state index contributed by atoms with van der Waals surface area (Å²) in [7, 11) is -5.16. The van der Waals surface area contributed by atoms with Crippen LogP contribution in [0.15, 0.2) is 23.1 Å². The molecule has 0 amide bonds. The molecule has 0 atom stereocenters. The number of halogens is 1. The quantitative estimate of drug-likeness (QED) is 0.528. The zero-order valence-electron chi connectivity index (χ0n) is 10.5. The highest BCUT2D eigenvalue weighted by Crippen LogP contribution is 2.23. The molecule has 0 saturated heterocycles. The number of esters is 1. The molecule has 1 rings (SSSR count). The van der Waals surface area contributed by atoms with Crippen LogP contribution < -0.4 is 4.18 Å². The third-order valence-electron chi connectivity index (χ3n) is 1.72. The van der Waals surface area contributed by atoms with Crippen molar-refractivity contribution in [3.63, 3.8) is 0 Å². The molecular formula is C11H13FO5S2. The SMILES string of the molecule is CC(C)(C)OC(=O)c1cc(S)cc(OS(=O)(=O)F)c1. The van der Waals surface area contributed by atoms with Gasteiger partial charge < -0.3 is 8.92 Å². The highest BCUT2D eigenvalue weighted by atomic mass is 32.3. The lowest BCUT2D eigenvalue weighted by molar-refractivity contribution is 0.00688. The van der Waals surface area contributed by atoms with E-state index >= 15 is 0 Å². The van der Waals surface area contributed by atoms with Crippen molar-refractivity contribution in [2.24, 2.45) is 0 Å². The van der Waals surface area contributed by atoms with E-state index < -0.39 is 22.1 Å². The lowest BCUT2D eigenvalue weighted by atomic mass is 10.1. The molecule has 0 spiro atoms. The van der Waals surface area contributed by atoms with E-state index in [-0.39, 0.29) is 16.2 Å². The van der Waals surface area contributed by atoms with Crippen molar-refractivity contribution in [1.82, 2.24) is 0 Å². The van der Waals surface area contributed by atoms with Crippen LogP contribution in [0.3, 0.4) is 0 Å². The minimum atomic E-state index is -5.16. The van der Waals surface area contributed by atoms with Crippen molar-refractivity contribution in [3.8, 4) is 5.75 Å². The first-order valence-corrected chi connectivity index (χ1v) is 6.93. The van der Waals surface area contributed by atoms with E-state index in [2.05, 4.69) is 16.8 Å². The third-order valence-corrected chi connectivity index (χ3v) is 2.37. The summed E-state index contributed by atoms with van der Waals surface area (Å²) in [4.78, 5) is 12.0. The molecule has 0 unspecified atom stereocenters. The zero-order valence-corrected chi connectivity index (χ0v) is 12.2. The van der Waals surface area contributed by atoms with Crippen LogP contribution in [-0.2, 0) is 15.2 Å². The van der Waals surface area contributed by atoms with Crippen LogP contribution in [0.1, 0.15) is 31.1 Å². The molecule has 0 saturated carbocycles. The van der Waals surface area contributed by atoms with Gasteiger partial charge in [0.05, 0.1) is 5.56 Å². The van der Waals surface area contributed by atoms with Crippen molar-refractivity contribution in [2.75, 3.05) is 0 Å². The molecule has 0 aliphatic carbocycles. The Morgan fingerprint density at radius 3 is 2.32 bits per heavy atom. The molecule has 5 nitrogen and oxygen atoms in total. The first kappa shape index (κ1) is 15.8. The van der Waals surface area contributed by atoms with Crippen LogP contribution >= 0.6 is 12.6 Å². The second-order valence-corrected chi connectivity index (χ2v) is 6.16. The molecule has 1 aromatic rings. The maximum atomic E-state index is 12.4. The largest absolute Gasteiger partial charge is 0.488 e. The number of carbonyl (C=O) groups excluding carboxylic acids is 1. The molecule has 0 bridgehead atoms. The summed E-state index contributed by atoms with van der Waals surface area (Å²) in [6.07, 6.45) is 0. The molecule has 106 valence electrons. The minimum absolute atomic E-state index is 0.0149. The number of hydrogen-bond acceptors (Lipinski definition) is 6. The molecule has 0 N–H and O–H groups in total. The Bertz CT molecular complexity index is 590. The smallest absolute Gasteiger partial charge is 0.456 e. The highest BCUT2D eigenvalue weighted by Gasteiger charge is 2.20. The van der Waals surface area contributed by atoms with Crippen LogP contribution in [0.5, 0.6) is 5.75 Å². The van der Waals surface area contributed by atoms with Gasteiger partial charge in [-0.25, -0.2) is 4.79 Å². The zero-order chi connectivity index (χ0) is 14.8. The molecule has 19 heavy (non-hydrogen) atoms. The van der Waals surface area contributed by atoms with E-state index in [9.17, 15) is 17.1 Å². The van der Waals surface area contributed by atoms with Gasteiger partial charge in [-0.05, 0) is 39.0 Å². The third kappa shape index (κ3) is 5.93. The Morgan fingerprint density at radius 2 is 1.84 bits per heavy atom. The number of thiol groups is 1. The Balaban J connectivity index is 3.06. The van der Waals surface area contributed by atoms with Crippen molar-refractivity contribution >= 4 is 29.1 Å². The minimum Gasteiger partial charge on any atom is -0.456 e. The predicted octanol–water partition coefficient (Wildman–Crippen LogP) is 2.52. The molecule has 0 aromatic heterocycles. The van der Waals surface area contributed by atoms with Crippen molar-refractivity contribution in [1.29, 1.82) is 0 Å². The van der Waals surface area contributed by atoms with Crippen LogP contribution in [0.25, 0.3) is 0 Å². The average molecular weight is 308 g/mol. The Hall–Kier alpha value is -1.28. The number of carbonyl (C=O) groups is 1. The molecule has 0 radical (unpaired) electrons. The van der Waals surface area contributed by atoms with E-state index in [0.717, 1.165) is 12.1 Å². The molecule has 0 aliphatic heterocycles. The molecule has 0 heterocycles. The number of ether oxygens (including phenoxy) is 1. The van der Waals surface area contributed by atoms with E-state index in [1.165, 1.54) is 6.07 Å². The number of hydrogen-bond donors (Lipinski definition) is 1. The molecule has 8 heteroatoms. The number of rotatable bonds is 3. The first-order chi connectivity index (χ1) is 8.46. The highest BCUT2D eigenvalue weighted by molar-refractivity contribution is 7.81. The van der Waals surface area contributed by atoms with Gasteiger partial charge in [-0.1, -0.05) is 3.89 Å². The van der Waals surface area contributed by atoms with Gasteiger partial charge in [-0.3, -0.25) is 0 Å². The lowest BCUT2D eigenvalue weighted by Gasteiger charge is -2.19. The monoisotopic (exact) mass is 308 g/mol. The second kappa shape index (κ2) is 5.38. The van der Waals surface area contributed by atoms with Gasteiger partial charge in [0.2, 0.25) is 0 Å². The lowest BCUT2D eigenvalue weighted by Crippen LogP contribution is -2.23. The van der Waals surface area contributed by atoms with E-state index in [1.807, 2.05) is 0 Å². The summed E-state index contributed by atoms with van der Waals surface area (Å²) in [6.45, 7) is 5.04. The van der Waals surface area contributed by atoms with Crippen LogP contribution in [-0.4, -0.2) is 20.0 Å². The summed E-state index contributed by atoms with van der Waals surface area (Å²) in [5, 5.41) is 0. The summed E-state index contributed by atoms with van der Waals surface area (Å²) in [5.41, 5.74) is -0.697. The van der Waals surface area contributed by atoms with Gasteiger partial charge in [0.15, 0.2) is 0 Å². The topological polar surface area (TPSA) is 69.7 Å². The van der Waals surface area contributed by atoms with Crippen LogP contribution in [0.2, 0.25) is 0 Å². The predicted molar refractivity (Wildman–Crippen MR) is 69.5 cm³/mol. The summed E-state index contributed by atoms with van der Waals surface area (Å²) in [5.74, 6) is -1.04. The van der Waals surface area contributed by atoms with E-state index in [4.69, 9.17) is 4.74 Å². The van der Waals surface area contributed by atoms with Crippen LogP contribution in [0, 0.1) is 0 Å². The molecule has 0 fully saturated rings. The van der Waals surface area contributed by atoms with Gasteiger partial charge in [0.1, 0.15) is 11.4 Å². The summed E-state index contributed by atoms with van der Waals surface area (Å²) in [6, 6.07) is 3.58. The van der Waals surface area contributed by atoms with Gasteiger partial charge in [-0.2, -0.15) is 8.42 Å². The van der Waals surface area contributed by atoms with E-state index in [0.29, 0.717) is 0 Å². The number of benzene rings is 1. The normalized spacial score (nSPS) is 12.1.